The third kappa shape index (κ3) is 3.75. The van der Waals surface area contributed by atoms with Crippen LogP contribution in [0.4, 0.5) is 0 Å². The summed E-state index contributed by atoms with van der Waals surface area (Å²) in [6.07, 6.45) is 0.777. The van der Waals surface area contributed by atoms with Crippen molar-refractivity contribution in [3.63, 3.8) is 0 Å². The van der Waals surface area contributed by atoms with E-state index in [9.17, 15) is 9.59 Å². The molecule has 0 radical (unpaired) electrons. The van der Waals surface area contributed by atoms with Crippen LogP contribution in [0.3, 0.4) is 0 Å². The molecule has 1 aliphatic rings. The van der Waals surface area contributed by atoms with Gasteiger partial charge in [0.1, 0.15) is 5.58 Å². The largest absolute Gasteiger partial charge is 0.450 e. The van der Waals surface area contributed by atoms with Crippen LogP contribution in [-0.4, -0.2) is 30.1 Å². The van der Waals surface area contributed by atoms with E-state index < -0.39 is 6.04 Å². The van der Waals surface area contributed by atoms with Crippen LogP contribution in [0.25, 0.3) is 11.0 Å². The van der Waals surface area contributed by atoms with E-state index in [1.165, 1.54) is 0 Å². The summed E-state index contributed by atoms with van der Waals surface area (Å²) >= 11 is 6.23. The van der Waals surface area contributed by atoms with Crippen LogP contribution < -0.4 is 5.43 Å². The first kappa shape index (κ1) is 20.6. The second-order valence-corrected chi connectivity index (χ2v) is 8.34. The van der Waals surface area contributed by atoms with E-state index in [1.807, 2.05) is 39.0 Å². The Hall–Kier alpha value is -2.63. The van der Waals surface area contributed by atoms with Gasteiger partial charge in [-0.3, -0.25) is 9.59 Å². The van der Waals surface area contributed by atoms with Crippen molar-refractivity contribution in [3.05, 3.63) is 80.2 Å². The van der Waals surface area contributed by atoms with Gasteiger partial charge in [-0.15, -0.1) is 0 Å². The predicted molar refractivity (Wildman–Crippen MR) is 117 cm³/mol. The maximum Gasteiger partial charge on any atom is 0.290 e. The fraction of sp³-hybridized carbons (Fsp3) is 0.333. The third-order valence-electron chi connectivity index (χ3n) is 5.28. The normalized spacial score (nSPS) is 16.0. The van der Waals surface area contributed by atoms with Crippen molar-refractivity contribution in [3.8, 4) is 0 Å². The van der Waals surface area contributed by atoms with Gasteiger partial charge in [-0.05, 0) is 57.0 Å². The molecule has 2 aromatic carbocycles. The summed E-state index contributed by atoms with van der Waals surface area (Å²) in [5.41, 5.74) is 2.38. The number of halogens is 1. The van der Waals surface area contributed by atoms with Crippen molar-refractivity contribution in [2.45, 2.75) is 39.3 Å². The fourth-order valence-electron chi connectivity index (χ4n) is 3.94. The SMILES string of the molecule is Cc1ccc2oc3c(c(=O)c2c1)C(c1cccc(Cl)c1)N(CCCOC(C)C)C3=O. The molecule has 1 atom stereocenters. The second-order valence-electron chi connectivity index (χ2n) is 7.90. The maximum atomic E-state index is 13.5. The summed E-state index contributed by atoms with van der Waals surface area (Å²) in [4.78, 5) is 28.4. The Labute approximate surface area is 180 Å². The third-order valence-corrected chi connectivity index (χ3v) is 5.52. The molecule has 0 bridgehead atoms. The molecule has 30 heavy (non-hydrogen) atoms. The Bertz CT molecular complexity index is 1170. The average molecular weight is 426 g/mol. The highest BCUT2D eigenvalue weighted by Gasteiger charge is 2.42. The van der Waals surface area contributed by atoms with Crippen LogP contribution in [-0.2, 0) is 4.74 Å². The summed E-state index contributed by atoms with van der Waals surface area (Å²) in [5.74, 6) is -0.162. The van der Waals surface area contributed by atoms with E-state index in [-0.39, 0.29) is 23.2 Å². The van der Waals surface area contributed by atoms with Crippen molar-refractivity contribution >= 4 is 28.5 Å². The minimum Gasteiger partial charge on any atom is -0.450 e. The summed E-state index contributed by atoms with van der Waals surface area (Å²) in [7, 11) is 0. The number of fused-ring (bicyclic) bond motifs is 2. The van der Waals surface area contributed by atoms with Crippen molar-refractivity contribution in [2.75, 3.05) is 13.2 Å². The monoisotopic (exact) mass is 425 g/mol. The molecule has 0 fully saturated rings. The Kier molecular flexibility index (Phi) is 5.67. The first-order valence-corrected chi connectivity index (χ1v) is 10.5. The lowest BCUT2D eigenvalue weighted by molar-refractivity contribution is 0.0593. The zero-order chi connectivity index (χ0) is 21.4. The lowest BCUT2D eigenvalue weighted by Gasteiger charge is -2.25. The van der Waals surface area contributed by atoms with Crippen LogP contribution in [0, 0.1) is 6.92 Å². The summed E-state index contributed by atoms with van der Waals surface area (Å²) in [6, 6.07) is 12.2. The van der Waals surface area contributed by atoms with Gasteiger partial charge in [0.05, 0.1) is 23.1 Å². The number of carbonyl (C=O) groups is 1. The summed E-state index contributed by atoms with van der Waals surface area (Å²) < 4.78 is 11.6. The van der Waals surface area contributed by atoms with Crippen LogP contribution in [0.2, 0.25) is 5.02 Å². The smallest absolute Gasteiger partial charge is 0.290 e. The first-order valence-electron chi connectivity index (χ1n) is 10.1. The fourth-order valence-corrected chi connectivity index (χ4v) is 4.14. The Morgan fingerprint density at radius 2 is 1.97 bits per heavy atom. The first-order chi connectivity index (χ1) is 14.4. The van der Waals surface area contributed by atoms with Crippen LogP contribution in [0.1, 0.15) is 53.6 Å². The molecule has 2 heterocycles. The molecule has 0 spiro atoms. The zero-order valence-corrected chi connectivity index (χ0v) is 18.0. The minimum absolute atomic E-state index is 0.117. The van der Waals surface area contributed by atoms with E-state index in [4.69, 9.17) is 20.8 Å². The van der Waals surface area contributed by atoms with Crippen molar-refractivity contribution in [1.82, 2.24) is 4.90 Å². The molecule has 4 rings (SSSR count). The van der Waals surface area contributed by atoms with Gasteiger partial charge in [0.2, 0.25) is 5.76 Å². The number of aryl methyl sites for hydroxylation is 1. The maximum absolute atomic E-state index is 13.5. The van der Waals surface area contributed by atoms with Gasteiger partial charge >= 0.3 is 0 Å². The quantitative estimate of drug-likeness (QED) is 0.514. The highest BCUT2D eigenvalue weighted by molar-refractivity contribution is 6.30. The molecule has 5 nitrogen and oxygen atoms in total. The van der Waals surface area contributed by atoms with Gasteiger partial charge in [-0.25, -0.2) is 0 Å². The number of hydrogen-bond donors (Lipinski definition) is 0. The summed E-state index contributed by atoms with van der Waals surface area (Å²) in [6.45, 7) is 6.85. The summed E-state index contributed by atoms with van der Waals surface area (Å²) in [5, 5.41) is 1.04. The Morgan fingerprint density at radius 1 is 1.17 bits per heavy atom. The van der Waals surface area contributed by atoms with E-state index >= 15 is 0 Å². The predicted octanol–water partition coefficient (Wildman–Crippen LogP) is 5.12. The van der Waals surface area contributed by atoms with Crippen molar-refractivity contribution in [2.24, 2.45) is 0 Å². The van der Waals surface area contributed by atoms with Gasteiger partial charge in [-0.2, -0.15) is 0 Å². The van der Waals surface area contributed by atoms with Gasteiger partial charge < -0.3 is 14.1 Å². The molecule has 0 aliphatic carbocycles. The molecule has 1 unspecified atom stereocenters. The van der Waals surface area contributed by atoms with E-state index in [2.05, 4.69) is 0 Å². The number of amides is 1. The second kappa shape index (κ2) is 8.25. The van der Waals surface area contributed by atoms with Gasteiger partial charge in [-0.1, -0.05) is 35.4 Å². The zero-order valence-electron chi connectivity index (χ0n) is 17.3. The van der Waals surface area contributed by atoms with Crippen molar-refractivity contribution < 1.29 is 13.9 Å². The topological polar surface area (TPSA) is 59.8 Å². The number of ether oxygens (including phenoxy) is 1. The average Bonchev–Trinajstić information content (AvgIpc) is 2.98. The molecule has 156 valence electrons. The lowest BCUT2D eigenvalue weighted by atomic mass is 9.98. The van der Waals surface area contributed by atoms with Crippen molar-refractivity contribution in [1.29, 1.82) is 0 Å². The highest BCUT2D eigenvalue weighted by atomic mass is 35.5. The molecular formula is C24H24ClNO4. The molecule has 1 aliphatic heterocycles. The molecule has 0 N–H and O–H groups in total. The molecule has 3 aromatic rings. The lowest BCUT2D eigenvalue weighted by Crippen LogP contribution is -2.31. The van der Waals surface area contributed by atoms with E-state index in [1.54, 1.807) is 29.2 Å². The standard InChI is InChI=1S/C24H24ClNO4/c1-14(2)29-11-5-10-26-21(16-6-4-7-17(25)13-16)20-22(27)18-12-15(3)8-9-19(18)30-23(20)24(26)28/h4,6-9,12-14,21H,5,10-11H2,1-3H3. The Balaban J connectivity index is 1.83. The van der Waals surface area contributed by atoms with E-state index in [0.717, 1.165) is 11.1 Å². The van der Waals surface area contributed by atoms with Crippen LogP contribution in [0.5, 0.6) is 0 Å². The van der Waals surface area contributed by atoms with Gasteiger partial charge in [0, 0.05) is 18.2 Å². The number of carbonyl (C=O) groups excluding carboxylic acids is 1. The number of benzene rings is 2. The molecule has 1 aromatic heterocycles. The van der Waals surface area contributed by atoms with Gasteiger partial charge in [0.15, 0.2) is 5.43 Å². The van der Waals surface area contributed by atoms with Crippen LogP contribution in [0.15, 0.2) is 51.7 Å². The molecular weight excluding hydrogens is 402 g/mol. The minimum atomic E-state index is -0.536. The highest BCUT2D eigenvalue weighted by Crippen LogP contribution is 2.38. The molecule has 0 saturated carbocycles. The number of rotatable bonds is 6. The molecule has 1 amide bonds. The van der Waals surface area contributed by atoms with Crippen LogP contribution >= 0.6 is 11.6 Å². The molecule has 6 heteroatoms. The van der Waals surface area contributed by atoms with Gasteiger partial charge in [0.25, 0.3) is 5.91 Å². The number of hydrogen-bond acceptors (Lipinski definition) is 4. The van der Waals surface area contributed by atoms with E-state index in [0.29, 0.717) is 41.1 Å². The molecule has 0 saturated heterocycles. The number of nitrogens with zero attached hydrogens (tertiary/aromatic N) is 1. The Morgan fingerprint density at radius 3 is 2.70 bits per heavy atom.